The third kappa shape index (κ3) is 2.26. The van der Waals surface area contributed by atoms with Crippen molar-refractivity contribution in [1.82, 2.24) is 0 Å². The quantitative estimate of drug-likeness (QED) is 0.865. The van der Waals surface area contributed by atoms with E-state index in [0.29, 0.717) is 28.0 Å². The molecule has 0 atom stereocenters. The highest BCUT2D eigenvalue weighted by atomic mass is 79.9. The van der Waals surface area contributed by atoms with Gasteiger partial charge >= 0.3 is 0 Å². The number of halogens is 1. The van der Waals surface area contributed by atoms with E-state index in [0.717, 1.165) is 0 Å². The van der Waals surface area contributed by atoms with Crippen molar-refractivity contribution in [2.75, 3.05) is 0 Å². The molecule has 0 radical (unpaired) electrons. The highest BCUT2D eigenvalue weighted by Crippen LogP contribution is 2.31. The predicted molar refractivity (Wildman–Crippen MR) is 69.4 cm³/mol. The van der Waals surface area contributed by atoms with Crippen LogP contribution in [0.4, 0.5) is 0 Å². The van der Waals surface area contributed by atoms with E-state index in [4.69, 9.17) is 4.42 Å². The first-order valence-corrected chi connectivity index (χ1v) is 6.23. The lowest BCUT2D eigenvalue weighted by atomic mass is 10.1. The lowest BCUT2D eigenvalue weighted by molar-refractivity contribution is 0.470. The second-order valence-corrected chi connectivity index (χ2v) is 4.24. The number of para-hydroxylation sites is 1. The molecule has 0 saturated heterocycles. The third-order valence-electron chi connectivity index (χ3n) is 2.45. The van der Waals surface area contributed by atoms with Gasteiger partial charge in [-0.2, -0.15) is 0 Å². The first kappa shape index (κ1) is 11.9. The van der Waals surface area contributed by atoms with Crippen molar-refractivity contribution in [2.45, 2.75) is 12.3 Å². The summed E-state index contributed by atoms with van der Waals surface area (Å²) in [4.78, 5) is 11.8. The molecule has 0 spiro atoms. The van der Waals surface area contributed by atoms with Gasteiger partial charge in [0.2, 0.25) is 0 Å². The van der Waals surface area contributed by atoms with Gasteiger partial charge in [0.1, 0.15) is 17.3 Å². The molecule has 2 rings (SSSR count). The van der Waals surface area contributed by atoms with Crippen molar-refractivity contribution in [1.29, 1.82) is 0 Å². The summed E-state index contributed by atoms with van der Waals surface area (Å²) in [5.74, 6) is 1.05. The number of hydrogen-bond donors (Lipinski definition) is 1. The minimum atomic E-state index is -0.0936. The zero-order chi connectivity index (χ0) is 12.4. The van der Waals surface area contributed by atoms with Crippen LogP contribution >= 0.6 is 15.9 Å². The third-order valence-corrected chi connectivity index (χ3v) is 3.01. The summed E-state index contributed by atoms with van der Waals surface area (Å²) in [6, 6.07) is 8.24. The van der Waals surface area contributed by atoms with Crippen LogP contribution in [-0.2, 0) is 5.33 Å². The average molecular weight is 295 g/mol. The Morgan fingerprint density at radius 3 is 2.71 bits per heavy atom. The average Bonchev–Trinajstić information content (AvgIpc) is 2.28. The minimum Gasteiger partial charge on any atom is -0.507 e. The molecule has 1 heterocycles. The Kier molecular flexibility index (Phi) is 3.33. The van der Waals surface area contributed by atoms with E-state index in [9.17, 15) is 9.90 Å². The largest absolute Gasteiger partial charge is 0.507 e. The standard InChI is InChI=1S/C13H11BrO3/c1-8-6-12(16)10(7-14)13(17-8)9-4-2-3-5-11(9)15/h2-6,15H,7H2,1H3. The molecule has 0 amide bonds. The maximum absolute atomic E-state index is 11.8. The fraction of sp³-hybridized carbons (Fsp3) is 0.154. The summed E-state index contributed by atoms with van der Waals surface area (Å²) in [6.45, 7) is 1.71. The van der Waals surface area contributed by atoms with E-state index >= 15 is 0 Å². The molecular weight excluding hydrogens is 284 g/mol. The number of aromatic hydroxyl groups is 1. The monoisotopic (exact) mass is 294 g/mol. The van der Waals surface area contributed by atoms with Crippen LogP contribution in [0.15, 0.2) is 39.5 Å². The van der Waals surface area contributed by atoms with Crippen LogP contribution < -0.4 is 5.43 Å². The van der Waals surface area contributed by atoms with Gasteiger partial charge in [-0.25, -0.2) is 0 Å². The van der Waals surface area contributed by atoms with E-state index < -0.39 is 0 Å². The Hall–Kier alpha value is -1.55. The fourth-order valence-electron chi connectivity index (χ4n) is 1.65. The van der Waals surface area contributed by atoms with Gasteiger partial charge in [0.25, 0.3) is 0 Å². The van der Waals surface area contributed by atoms with E-state index in [2.05, 4.69) is 15.9 Å². The minimum absolute atomic E-state index is 0.0936. The molecule has 0 bridgehead atoms. The summed E-state index contributed by atoms with van der Waals surface area (Å²) >= 11 is 3.26. The number of hydrogen-bond acceptors (Lipinski definition) is 3. The van der Waals surface area contributed by atoms with Crippen LogP contribution in [0, 0.1) is 6.92 Å². The van der Waals surface area contributed by atoms with Crippen LogP contribution in [-0.4, -0.2) is 5.11 Å². The lowest BCUT2D eigenvalue weighted by Crippen LogP contribution is -2.08. The zero-order valence-electron chi connectivity index (χ0n) is 9.24. The molecule has 3 nitrogen and oxygen atoms in total. The molecule has 88 valence electrons. The van der Waals surface area contributed by atoms with Gasteiger partial charge in [0.15, 0.2) is 5.43 Å². The molecule has 0 fully saturated rings. The van der Waals surface area contributed by atoms with E-state index in [1.165, 1.54) is 6.07 Å². The summed E-state index contributed by atoms with van der Waals surface area (Å²) in [5.41, 5.74) is 0.948. The smallest absolute Gasteiger partial charge is 0.189 e. The van der Waals surface area contributed by atoms with Gasteiger partial charge in [-0.1, -0.05) is 28.1 Å². The van der Waals surface area contributed by atoms with E-state index in [1.807, 2.05) is 0 Å². The summed E-state index contributed by atoms with van der Waals surface area (Å²) in [7, 11) is 0. The highest BCUT2D eigenvalue weighted by Gasteiger charge is 2.14. The van der Waals surface area contributed by atoms with Crippen molar-refractivity contribution < 1.29 is 9.52 Å². The molecule has 0 aliphatic heterocycles. The Balaban J connectivity index is 2.75. The summed E-state index contributed by atoms with van der Waals surface area (Å²) in [5, 5.41) is 10.2. The fourth-order valence-corrected chi connectivity index (χ4v) is 2.18. The Labute approximate surface area is 107 Å². The predicted octanol–water partition coefficient (Wildman–Crippen LogP) is 3.22. The molecule has 17 heavy (non-hydrogen) atoms. The molecule has 0 aliphatic carbocycles. The SMILES string of the molecule is Cc1cc(=O)c(CBr)c(-c2ccccc2O)o1. The number of benzene rings is 1. The summed E-state index contributed by atoms with van der Waals surface area (Å²) in [6.07, 6.45) is 0. The molecule has 1 aromatic carbocycles. The number of phenols is 1. The molecule has 0 unspecified atom stereocenters. The number of rotatable bonds is 2. The molecule has 0 aliphatic rings. The van der Waals surface area contributed by atoms with Crippen molar-refractivity contribution in [3.05, 3.63) is 51.9 Å². The van der Waals surface area contributed by atoms with Crippen molar-refractivity contribution >= 4 is 15.9 Å². The molecule has 4 heteroatoms. The topological polar surface area (TPSA) is 50.4 Å². The molecule has 0 saturated carbocycles. The normalized spacial score (nSPS) is 10.5. The second-order valence-electron chi connectivity index (χ2n) is 3.68. The van der Waals surface area contributed by atoms with Gasteiger partial charge < -0.3 is 9.52 Å². The van der Waals surface area contributed by atoms with Gasteiger partial charge in [-0.15, -0.1) is 0 Å². The number of phenolic OH excluding ortho intramolecular Hbond substituents is 1. The van der Waals surface area contributed by atoms with Crippen LogP contribution in [0.1, 0.15) is 11.3 Å². The molecule has 1 aromatic heterocycles. The molecule has 2 aromatic rings. The lowest BCUT2D eigenvalue weighted by Gasteiger charge is -2.08. The first-order valence-electron chi connectivity index (χ1n) is 5.11. The maximum Gasteiger partial charge on any atom is 0.189 e. The molecular formula is C13H11BrO3. The number of aryl methyl sites for hydroxylation is 1. The van der Waals surface area contributed by atoms with Gasteiger partial charge in [-0.05, 0) is 19.1 Å². The number of alkyl halides is 1. The van der Waals surface area contributed by atoms with Crippen LogP contribution in [0.5, 0.6) is 5.75 Å². The Morgan fingerprint density at radius 1 is 1.35 bits per heavy atom. The van der Waals surface area contributed by atoms with E-state index in [-0.39, 0.29) is 11.2 Å². The van der Waals surface area contributed by atoms with Gasteiger partial charge in [-0.3, -0.25) is 4.79 Å². The summed E-state index contributed by atoms with van der Waals surface area (Å²) < 4.78 is 5.56. The van der Waals surface area contributed by atoms with Crippen LogP contribution in [0.3, 0.4) is 0 Å². The van der Waals surface area contributed by atoms with Crippen molar-refractivity contribution in [2.24, 2.45) is 0 Å². The van der Waals surface area contributed by atoms with Crippen molar-refractivity contribution in [3.8, 4) is 17.1 Å². The van der Waals surface area contributed by atoms with Crippen LogP contribution in [0.2, 0.25) is 0 Å². The van der Waals surface area contributed by atoms with Gasteiger partial charge in [0.05, 0.1) is 11.1 Å². The zero-order valence-corrected chi connectivity index (χ0v) is 10.8. The molecule has 1 N–H and O–H groups in total. The van der Waals surface area contributed by atoms with Gasteiger partial charge in [0, 0.05) is 11.4 Å². The second kappa shape index (κ2) is 4.75. The Morgan fingerprint density at radius 2 is 2.06 bits per heavy atom. The Bertz CT molecular complexity index is 602. The van der Waals surface area contributed by atoms with Crippen molar-refractivity contribution in [3.63, 3.8) is 0 Å². The highest BCUT2D eigenvalue weighted by molar-refractivity contribution is 9.08. The first-order chi connectivity index (χ1) is 8.13. The van der Waals surface area contributed by atoms with E-state index in [1.54, 1.807) is 31.2 Å². The maximum atomic E-state index is 11.8. The van der Waals surface area contributed by atoms with Crippen LogP contribution in [0.25, 0.3) is 11.3 Å².